The van der Waals surface area contributed by atoms with E-state index >= 15 is 0 Å². The minimum atomic E-state index is -0.714. The number of ether oxygens (including phenoxy) is 2. The maximum atomic E-state index is 13.3. The van der Waals surface area contributed by atoms with E-state index in [2.05, 4.69) is 5.32 Å². The highest BCUT2D eigenvalue weighted by Crippen LogP contribution is 2.28. The molecule has 2 aliphatic heterocycles. The van der Waals surface area contributed by atoms with Crippen LogP contribution < -0.4 is 10.1 Å². The number of fused-ring (bicyclic) bond motifs is 1. The molecule has 2 saturated heterocycles. The normalized spacial score (nSPS) is 20.8. The number of para-hydroxylation sites is 1. The number of Topliss-reactive ketones (excluding diaryl/α,β-unsaturated/α-hetero) is 1. The van der Waals surface area contributed by atoms with Crippen LogP contribution in [0.5, 0.6) is 11.5 Å². The van der Waals surface area contributed by atoms with E-state index in [0.29, 0.717) is 36.4 Å². The number of nitrogens with zero attached hydrogens (tertiary/aromatic N) is 1. The molecule has 2 aliphatic rings. The third kappa shape index (κ3) is 4.83. The maximum absolute atomic E-state index is 13.3. The van der Waals surface area contributed by atoms with E-state index in [4.69, 9.17) is 9.47 Å². The second kappa shape index (κ2) is 9.53. The van der Waals surface area contributed by atoms with Crippen molar-refractivity contribution in [3.63, 3.8) is 0 Å². The number of carbonyl (C=O) groups is 3. The minimum Gasteiger partial charge on any atom is -0.457 e. The number of benzene rings is 2. The summed E-state index contributed by atoms with van der Waals surface area (Å²) in [4.78, 5) is 40.2. The molecule has 0 saturated carbocycles. The van der Waals surface area contributed by atoms with E-state index in [-0.39, 0.29) is 36.2 Å². The molecular formula is C25H28N2O5. The first-order chi connectivity index (χ1) is 15.4. The fourth-order valence-electron chi connectivity index (χ4n) is 4.30. The number of hydrogen-bond donors (Lipinski definition) is 1. The summed E-state index contributed by atoms with van der Waals surface area (Å²) in [5.41, 5.74) is 0.402. The van der Waals surface area contributed by atoms with Crippen molar-refractivity contribution < 1.29 is 23.9 Å². The summed E-state index contributed by atoms with van der Waals surface area (Å²) in [6.07, 6.45) is 0.894. The summed E-state index contributed by atoms with van der Waals surface area (Å²) in [7, 11) is 0. The van der Waals surface area contributed by atoms with Gasteiger partial charge in [0.1, 0.15) is 30.2 Å². The first kappa shape index (κ1) is 22.0. The standard InChI is InChI=1S/C25H28N2O5/c1-16(2)13-20(25(30)27-12-11-22-23(27)21(28)15-31-22)26-24(29)17-7-6-10-19(14-17)32-18-8-4-3-5-9-18/h3-10,14,16,20,22-23H,11-13,15H2,1-2H3,(H,26,29)/t20?,22-,23?/m0/s1. The second-order valence-corrected chi connectivity index (χ2v) is 8.68. The molecule has 2 aromatic carbocycles. The molecule has 0 aromatic heterocycles. The van der Waals surface area contributed by atoms with Crippen LogP contribution in [-0.2, 0) is 14.3 Å². The van der Waals surface area contributed by atoms with E-state index in [1.807, 2.05) is 44.2 Å². The highest BCUT2D eigenvalue weighted by atomic mass is 16.5. The third-order valence-electron chi connectivity index (χ3n) is 5.78. The molecule has 0 bridgehead atoms. The number of ketones is 1. The van der Waals surface area contributed by atoms with E-state index in [1.54, 1.807) is 29.2 Å². The van der Waals surface area contributed by atoms with Crippen molar-refractivity contribution in [3.8, 4) is 11.5 Å². The van der Waals surface area contributed by atoms with Crippen molar-refractivity contribution >= 4 is 17.6 Å². The smallest absolute Gasteiger partial charge is 0.252 e. The monoisotopic (exact) mass is 436 g/mol. The van der Waals surface area contributed by atoms with Crippen LogP contribution in [0, 0.1) is 5.92 Å². The topological polar surface area (TPSA) is 84.9 Å². The molecule has 7 nitrogen and oxygen atoms in total. The van der Waals surface area contributed by atoms with Gasteiger partial charge in [0.25, 0.3) is 5.91 Å². The Kier molecular flexibility index (Phi) is 6.55. The summed E-state index contributed by atoms with van der Waals surface area (Å²) in [5, 5.41) is 2.89. The number of hydrogen-bond acceptors (Lipinski definition) is 5. The van der Waals surface area contributed by atoms with Gasteiger partial charge < -0.3 is 19.7 Å². The zero-order chi connectivity index (χ0) is 22.7. The van der Waals surface area contributed by atoms with Gasteiger partial charge in [-0.3, -0.25) is 14.4 Å². The first-order valence-electron chi connectivity index (χ1n) is 11.0. The molecule has 2 fully saturated rings. The largest absolute Gasteiger partial charge is 0.457 e. The fourth-order valence-corrected chi connectivity index (χ4v) is 4.30. The molecule has 2 aromatic rings. The lowest BCUT2D eigenvalue weighted by Gasteiger charge is -2.28. The van der Waals surface area contributed by atoms with Gasteiger partial charge in [0, 0.05) is 12.1 Å². The first-order valence-corrected chi connectivity index (χ1v) is 11.0. The van der Waals surface area contributed by atoms with Crippen LogP contribution in [0.15, 0.2) is 54.6 Å². The Morgan fingerprint density at radius 2 is 1.88 bits per heavy atom. The lowest BCUT2D eigenvalue weighted by Crippen LogP contribution is -2.52. The van der Waals surface area contributed by atoms with Crippen molar-refractivity contribution in [2.24, 2.45) is 5.92 Å². The predicted molar refractivity (Wildman–Crippen MR) is 119 cm³/mol. The molecule has 2 amide bonds. The molecule has 32 heavy (non-hydrogen) atoms. The third-order valence-corrected chi connectivity index (χ3v) is 5.78. The molecule has 3 atom stereocenters. The summed E-state index contributed by atoms with van der Waals surface area (Å²) in [6.45, 7) is 4.51. The Balaban J connectivity index is 1.48. The van der Waals surface area contributed by atoms with Crippen molar-refractivity contribution in [2.45, 2.75) is 44.9 Å². The zero-order valence-electron chi connectivity index (χ0n) is 18.3. The molecule has 1 N–H and O–H groups in total. The van der Waals surface area contributed by atoms with Crippen LogP contribution >= 0.6 is 0 Å². The Morgan fingerprint density at radius 1 is 1.12 bits per heavy atom. The number of likely N-dealkylation sites (tertiary alicyclic amines) is 1. The van der Waals surface area contributed by atoms with Crippen molar-refractivity contribution in [2.75, 3.05) is 13.2 Å². The quantitative estimate of drug-likeness (QED) is 0.721. The average molecular weight is 437 g/mol. The van der Waals surface area contributed by atoms with Crippen LogP contribution in [0.4, 0.5) is 0 Å². The highest BCUT2D eigenvalue weighted by Gasteiger charge is 2.48. The predicted octanol–water partition coefficient (Wildman–Crippen LogP) is 3.19. The van der Waals surface area contributed by atoms with E-state index < -0.39 is 12.1 Å². The summed E-state index contributed by atoms with van der Waals surface area (Å²) in [5.74, 6) is 0.742. The van der Waals surface area contributed by atoms with Gasteiger partial charge in [-0.2, -0.15) is 0 Å². The SMILES string of the molecule is CC(C)CC(NC(=O)c1cccc(Oc2ccccc2)c1)C(=O)N1CC[C@@H]2OCC(=O)C21. The summed E-state index contributed by atoms with van der Waals surface area (Å²) in [6, 6.07) is 14.9. The minimum absolute atomic E-state index is 0.0501. The zero-order valence-corrected chi connectivity index (χ0v) is 18.3. The molecule has 168 valence electrons. The lowest BCUT2D eigenvalue weighted by atomic mass is 10.0. The lowest BCUT2D eigenvalue weighted by molar-refractivity contribution is -0.138. The van der Waals surface area contributed by atoms with Gasteiger partial charge in [0.15, 0.2) is 5.78 Å². The van der Waals surface area contributed by atoms with Crippen molar-refractivity contribution in [1.29, 1.82) is 0 Å². The molecule has 2 heterocycles. The van der Waals surface area contributed by atoms with E-state index in [0.717, 1.165) is 0 Å². The molecular weight excluding hydrogens is 408 g/mol. The summed E-state index contributed by atoms with van der Waals surface area (Å²) >= 11 is 0. The average Bonchev–Trinajstić information content (AvgIpc) is 3.36. The Morgan fingerprint density at radius 3 is 2.62 bits per heavy atom. The maximum Gasteiger partial charge on any atom is 0.252 e. The number of amides is 2. The Bertz CT molecular complexity index is 991. The van der Waals surface area contributed by atoms with Crippen LogP contribution in [0.3, 0.4) is 0 Å². The molecule has 0 aliphatic carbocycles. The molecule has 4 rings (SSSR count). The second-order valence-electron chi connectivity index (χ2n) is 8.68. The van der Waals surface area contributed by atoms with Crippen molar-refractivity contribution in [3.05, 3.63) is 60.2 Å². The summed E-state index contributed by atoms with van der Waals surface area (Å²) < 4.78 is 11.3. The van der Waals surface area contributed by atoms with E-state index in [9.17, 15) is 14.4 Å². The Hall–Kier alpha value is -3.19. The van der Waals surface area contributed by atoms with Crippen LogP contribution in [0.25, 0.3) is 0 Å². The van der Waals surface area contributed by atoms with Crippen LogP contribution in [0.1, 0.15) is 37.0 Å². The van der Waals surface area contributed by atoms with E-state index in [1.165, 1.54) is 0 Å². The van der Waals surface area contributed by atoms with Crippen LogP contribution in [0.2, 0.25) is 0 Å². The molecule has 2 unspecified atom stereocenters. The van der Waals surface area contributed by atoms with Crippen molar-refractivity contribution in [1.82, 2.24) is 10.2 Å². The van der Waals surface area contributed by atoms with Gasteiger partial charge in [-0.1, -0.05) is 38.1 Å². The Labute approximate surface area is 187 Å². The number of rotatable bonds is 7. The van der Waals surface area contributed by atoms with Gasteiger partial charge in [0.2, 0.25) is 5.91 Å². The van der Waals surface area contributed by atoms with Gasteiger partial charge >= 0.3 is 0 Å². The van der Waals surface area contributed by atoms with Gasteiger partial charge in [0.05, 0.1) is 6.10 Å². The molecule has 7 heteroatoms. The fraction of sp³-hybridized carbons (Fsp3) is 0.400. The van der Waals surface area contributed by atoms with Gasteiger partial charge in [-0.05, 0) is 49.1 Å². The van der Waals surface area contributed by atoms with Gasteiger partial charge in [-0.25, -0.2) is 0 Å². The van der Waals surface area contributed by atoms with Crippen LogP contribution in [-0.4, -0.2) is 53.8 Å². The highest BCUT2D eigenvalue weighted by molar-refractivity contribution is 5.99. The molecule has 0 spiro atoms. The molecule has 0 radical (unpaired) electrons. The van der Waals surface area contributed by atoms with Gasteiger partial charge in [-0.15, -0.1) is 0 Å². The number of nitrogens with one attached hydrogen (secondary N) is 1. The number of carbonyl (C=O) groups excluding carboxylic acids is 3.